The molecule has 0 spiro atoms. The number of ether oxygens (including phenoxy) is 2. The molecule has 1 aromatic carbocycles. The summed E-state index contributed by atoms with van der Waals surface area (Å²) in [6.45, 7) is 7.55. The second kappa shape index (κ2) is 9.95. The third-order valence-corrected chi connectivity index (χ3v) is 4.48. The predicted molar refractivity (Wildman–Crippen MR) is 123 cm³/mol. The molecule has 2 heterocycles. The number of aromatic nitrogens is 1. The summed E-state index contributed by atoms with van der Waals surface area (Å²) in [5, 5.41) is 6.91. The number of aliphatic imine (C=N–C) groups is 1. The fraction of sp³-hybridized carbons (Fsp3) is 0.429. The van der Waals surface area contributed by atoms with Gasteiger partial charge in [-0.25, -0.2) is 9.98 Å². The number of nitrogens with one attached hydrogen (secondary N) is 2. The van der Waals surface area contributed by atoms with Gasteiger partial charge < -0.3 is 20.1 Å². The van der Waals surface area contributed by atoms with Gasteiger partial charge in [-0.15, -0.1) is 24.0 Å². The maximum Gasteiger partial charge on any atom is 0.218 e. The van der Waals surface area contributed by atoms with Gasteiger partial charge in [-0.2, -0.15) is 0 Å². The van der Waals surface area contributed by atoms with E-state index in [-0.39, 0.29) is 35.6 Å². The van der Waals surface area contributed by atoms with Gasteiger partial charge in [0.25, 0.3) is 0 Å². The van der Waals surface area contributed by atoms with E-state index in [1.54, 1.807) is 13.3 Å². The van der Waals surface area contributed by atoms with Crippen molar-refractivity contribution < 1.29 is 9.47 Å². The Bertz CT molecular complexity index is 810. The lowest BCUT2D eigenvalue weighted by Crippen LogP contribution is -2.45. The molecule has 28 heavy (non-hydrogen) atoms. The molecule has 0 amide bonds. The second-order valence-electron chi connectivity index (χ2n) is 7.17. The first kappa shape index (κ1) is 22.3. The average molecular weight is 496 g/mol. The molecule has 7 heteroatoms. The highest BCUT2D eigenvalue weighted by atomic mass is 127. The molecule has 0 bridgehead atoms. The lowest BCUT2D eigenvalue weighted by Gasteiger charge is -2.38. The van der Waals surface area contributed by atoms with E-state index in [0.29, 0.717) is 12.4 Å². The van der Waals surface area contributed by atoms with Crippen molar-refractivity contribution in [3.63, 3.8) is 0 Å². The molecule has 1 aromatic heterocycles. The fourth-order valence-corrected chi connectivity index (χ4v) is 3.31. The Kier molecular flexibility index (Phi) is 7.91. The molecule has 0 radical (unpaired) electrons. The van der Waals surface area contributed by atoms with Crippen LogP contribution in [0.15, 0.2) is 47.6 Å². The van der Waals surface area contributed by atoms with E-state index in [1.807, 2.05) is 30.3 Å². The molecule has 152 valence electrons. The van der Waals surface area contributed by atoms with Crippen molar-refractivity contribution in [2.45, 2.75) is 45.4 Å². The summed E-state index contributed by atoms with van der Waals surface area (Å²) in [7, 11) is 1.63. The quantitative estimate of drug-likeness (QED) is 0.371. The van der Waals surface area contributed by atoms with Crippen molar-refractivity contribution in [3.8, 4) is 11.6 Å². The van der Waals surface area contributed by atoms with Crippen molar-refractivity contribution in [2.24, 2.45) is 4.99 Å². The van der Waals surface area contributed by atoms with Crippen molar-refractivity contribution in [1.82, 2.24) is 15.6 Å². The van der Waals surface area contributed by atoms with Crippen LogP contribution in [0.3, 0.4) is 0 Å². The summed E-state index contributed by atoms with van der Waals surface area (Å²) >= 11 is 0. The summed E-state index contributed by atoms with van der Waals surface area (Å²) in [5.74, 6) is 2.30. The first-order chi connectivity index (χ1) is 13.0. The summed E-state index contributed by atoms with van der Waals surface area (Å²) < 4.78 is 11.4. The van der Waals surface area contributed by atoms with E-state index in [1.165, 1.54) is 0 Å². The van der Waals surface area contributed by atoms with E-state index >= 15 is 0 Å². The highest BCUT2D eigenvalue weighted by Crippen LogP contribution is 2.39. The zero-order valence-corrected chi connectivity index (χ0v) is 19.2. The molecule has 1 aliphatic heterocycles. The first-order valence-electron chi connectivity index (χ1n) is 9.33. The van der Waals surface area contributed by atoms with Crippen LogP contribution in [0.2, 0.25) is 0 Å². The van der Waals surface area contributed by atoms with E-state index in [2.05, 4.69) is 42.5 Å². The molecule has 2 aromatic rings. The van der Waals surface area contributed by atoms with Crippen LogP contribution in [0, 0.1) is 0 Å². The zero-order chi connectivity index (χ0) is 19.3. The number of fused-ring (bicyclic) bond motifs is 1. The third kappa shape index (κ3) is 5.50. The molecular formula is C21H29IN4O2. The molecule has 2 N–H and O–H groups in total. The first-order valence-corrected chi connectivity index (χ1v) is 9.33. The van der Waals surface area contributed by atoms with Crippen LogP contribution in [0.5, 0.6) is 11.6 Å². The molecule has 0 fully saturated rings. The predicted octanol–water partition coefficient (Wildman–Crippen LogP) is 4.07. The fourth-order valence-electron chi connectivity index (χ4n) is 3.31. The number of benzene rings is 1. The van der Waals surface area contributed by atoms with Crippen molar-refractivity contribution >= 4 is 29.9 Å². The van der Waals surface area contributed by atoms with Crippen LogP contribution in [0.1, 0.15) is 44.4 Å². The number of methoxy groups -OCH3 is 1. The Labute approximate surface area is 184 Å². The molecular weight excluding hydrogens is 467 g/mol. The minimum absolute atomic E-state index is 0. The molecule has 0 saturated carbocycles. The smallest absolute Gasteiger partial charge is 0.218 e. The molecule has 6 nitrogen and oxygen atoms in total. The highest BCUT2D eigenvalue weighted by Gasteiger charge is 2.33. The maximum absolute atomic E-state index is 6.13. The molecule has 1 atom stereocenters. The number of pyridine rings is 1. The Morgan fingerprint density at radius 1 is 1.29 bits per heavy atom. The SMILES string of the molecule is CCNC(=NCc1cccnc1OC)NC1CC(C)(C)Oc2ccccc21.I. The summed E-state index contributed by atoms with van der Waals surface area (Å²) in [6, 6.07) is 12.2. The molecule has 0 saturated heterocycles. The van der Waals surface area contributed by atoms with E-state index in [9.17, 15) is 0 Å². The van der Waals surface area contributed by atoms with E-state index in [0.717, 1.165) is 35.8 Å². The molecule has 3 rings (SSSR count). The van der Waals surface area contributed by atoms with Crippen LogP contribution in [0.4, 0.5) is 0 Å². The minimum Gasteiger partial charge on any atom is -0.487 e. The standard InChI is InChI=1S/C21H28N4O2.HI/c1-5-22-20(24-14-15-9-8-12-23-19(15)26-4)25-17-13-21(2,3)27-18-11-7-6-10-16(17)18;/h6-12,17H,5,13-14H2,1-4H3,(H2,22,24,25);1H. The van der Waals surface area contributed by atoms with Gasteiger partial charge in [-0.05, 0) is 32.9 Å². The van der Waals surface area contributed by atoms with Crippen LogP contribution in [0.25, 0.3) is 0 Å². The lowest BCUT2D eigenvalue weighted by atomic mass is 9.90. The van der Waals surface area contributed by atoms with Gasteiger partial charge in [0.05, 0.1) is 19.7 Å². The Hall–Kier alpha value is -2.03. The van der Waals surface area contributed by atoms with Gasteiger partial charge in [-0.1, -0.05) is 24.3 Å². The minimum atomic E-state index is -0.240. The Morgan fingerprint density at radius 3 is 2.82 bits per heavy atom. The number of rotatable bonds is 5. The number of halogens is 1. The molecule has 1 aliphatic rings. The van der Waals surface area contributed by atoms with Gasteiger partial charge >= 0.3 is 0 Å². The van der Waals surface area contributed by atoms with Crippen molar-refractivity contribution in [3.05, 3.63) is 53.7 Å². The van der Waals surface area contributed by atoms with Crippen molar-refractivity contribution in [2.75, 3.05) is 13.7 Å². The van der Waals surface area contributed by atoms with Gasteiger partial charge in [0.15, 0.2) is 5.96 Å². The monoisotopic (exact) mass is 496 g/mol. The Morgan fingerprint density at radius 2 is 2.07 bits per heavy atom. The summed E-state index contributed by atoms with van der Waals surface area (Å²) in [5.41, 5.74) is 1.86. The van der Waals surface area contributed by atoms with Crippen molar-refractivity contribution in [1.29, 1.82) is 0 Å². The number of para-hydroxylation sites is 1. The topological polar surface area (TPSA) is 67.8 Å². The number of nitrogens with zero attached hydrogens (tertiary/aromatic N) is 2. The van der Waals surface area contributed by atoms with Crippen LogP contribution in [-0.4, -0.2) is 30.2 Å². The maximum atomic E-state index is 6.13. The normalized spacial score (nSPS) is 17.6. The summed E-state index contributed by atoms with van der Waals surface area (Å²) in [4.78, 5) is 8.98. The molecule has 0 aliphatic carbocycles. The number of hydrogen-bond acceptors (Lipinski definition) is 4. The third-order valence-electron chi connectivity index (χ3n) is 4.48. The van der Waals surface area contributed by atoms with Gasteiger partial charge in [0.2, 0.25) is 5.88 Å². The number of hydrogen-bond donors (Lipinski definition) is 2. The highest BCUT2D eigenvalue weighted by molar-refractivity contribution is 14.0. The second-order valence-corrected chi connectivity index (χ2v) is 7.17. The average Bonchev–Trinajstić information content (AvgIpc) is 2.65. The zero-order valence-electron chi connectivity index (χ0n) is 16.9. The number of guanidine groups is 1. The van der Waals surface area contributed by atoms with Gasteiger partial charge in [0.1, 0.15) is 11.4 Å². The largest absolute Gasteiger partial charge is 0.487 e. The van der Waals surface area contributed by atoms with Gasteiger partial charge in [0, 0.05) is 30.3 Å². The van der Waals surface area contributed by atoms with Crippen LogP contribution in [-0.2, 0) is 6.54 Å². The van der Waals surface area contributed by atoms with E-state index < -0.39 is 0 Å². The Balaban J connectivity index is 0.00000280. The molecule has 1 unspecified atom stereocenters. The lowest BCUT2D eigenvalue weighted by molar-refractivity contribution is 0.0694. The summed E-state index contributed by atoms with van der Waals surface area (Å²) in [6.07, 6.45) is 2.57. The van der Waals surface area contributed by atoms with Crippen LogP contribution < -0.4 is 20.1 Å². The van der Waals surface area contributed by atoms with E-state index in [4.69, 9.17) is 14.5 Å². The van der Waals surface area contributed by atoms with Gasteiger partial charge in [-0.3, -0.25) is 0 Å². The van der Waals surface area contributed by atoms with Crippen LogP contribution >= 0.6 is 24.0 Å².